The van der Waals surface area contributed by atoms with Gasteiger partial charge in [0, 0.05) is 0 Å². The molecule has 0 aliphatic rings. The van der Waals surface area contributed by atoms with Gasteiger partial charge in [-0.1, -0.05) is 0 Å². The fourth-order valence-corrected chi connectivity index (χ4v) is 1.22. The Morgan fingerprint density at radius 3 is 0.667 bits per heavy atom. The van der Waals surface area contributed by atoms with Crippen LogP contribution in [0.3, 0.4) is 0 Å². The summed E-state index contributed by atoms with van der Waals surface area (Å²) in [5.41, 5.74) is 0. The molecule has 0 aliphatic carbocycles. The quantitative estimate of drug-likeness (QED) is 0.342. The Kier molecular flexibility index (Phi) is 23.6. The summed E-state index contributed by atoms with van der Waals surface area (Å²) in [6.45, 7) is 20.2. The van der Waals surface area contributed by atoms with Crippen molar-refractivity contribution in [3.63, 3.8) is 0 Å². The molecular weight excluding hydrogens is 768 g/mol. The van der Waals surface area contributed by atoms with Crippen molar-refractivity contribution in [1.82, 2.24) is 0 Å². The van der Waals surface area contributed by atoms with Gasteiger partial charge in [-0.3, -0.25) is 0 Å². The third-order valence-electron chi connectivity index (χ3n) is 2.98. The van der Waals surface area contributed by atoms with E-state index in [1.165, 1.54) is 19.3 Å². The van der Waals surface area contributed by atoms with Crippen LogP contribution in [0.2, 0.25) is 0 Å². The minimum absolute atomic E-state index is 0.819. The van der Waals surface area contributed by atoms with E-state index >= 15 is 0 Å². The molecule has 21 heavy (non-hydrogen) atoms. The maximum absolute atomic E-state index is 2.26. The molecule has 0 spiro atoms. The van der Waals surface area contributed by atoms with Crippen LogP contribution in [0.15, 0.2) is 0 Å². The van der Waals surface area contributed by atoms with Crippen molar-refractivity contribution in [3.05, 3.63) is 0 Å². The molecule has 0 N–H and O–H groups in total. The van der Waals surface area contributed by atoms with Crippen LogP contribution in [0, 0.1) is 17.8 Å². The van der Waals surface area contributed by atoms with Crippen molar-refractivity contribution >= 4 is 11.7 Å². The van der Waals surface area contributed by atoms with Gasteiger partial charge in [0.15, 0.2) is 0 Å². The first kappa shape index (κ1) is 27.5. The first-order chi connectivity index (χ1) is 9.54. The molecule has 0 fully saturated rings. The predicted octanol–water partition coefficient (Wildman–Crippen LogP) is 5.31. The molecule has 0 saturated heterocycles. The normalized spacial score (nSPS) is 9.71. The Balaban J connectivity index is -0.000000231. The van der Waals surface area contributed by atoms with E-state index in [1.807, 2.05) is 0 Å². The molecule has 0 rings (SSSR count). The third kappa shape index (κ3) is 21.7. The second-order valence-electron chi connectivity index (χ2n) is 5.92. The van der Waals surface area contributed by atoms with Gasteiger partial charge in [-0.2, -0.15) is 0 Å². The molecule has 0 radical (unpaired) electrons. The molecule has 0 heterocycles. The average Bonchev–Trinajstić information content (AvgIpc) is 2.45. The fraction of sp³-hybridized carbons (Fsp3) is 0.833. The maximum atomic E-state index is 2.26. The molecule has 0 bridgehead atoms. The van der Waals surface area contributed by atoms with E-state index < -0.39 is 0 Å². The van der Waals surface area contributed by atoms with Crippen molar-refractivity contribution in [3.8, 4) is 0 Å². The van der Waals surface area contributed by atoms with Gasteiger partial charge in [0.25, 0.3) is 0 Å². The Bertz CT molecular complexity index is 241. The molecule has 126 valence electrons. The van der Waals surface area contributed by atoms with Gasteiger partial charge >= 0.3 is 169 Å². The molecule has 0 saturated carbocycles. The van der Waals surface area contributed by atoms with Gasteiger partial charge in [0.05, 0.1) is 0 Å². The molecule has 0 nitrogen and oxygen atoms in total. The monoisotopic (exact) mass is 804 g/mol. The molecule has 3 heteroatoms. The predicted molar refractivity (Wildman–Crippen MR) is 90.4 cm³/mol. The molecule has 0 aromatic carbocycles. The van der Waals surface area contributed by atoms with Gasteiger partial charge in [-0.15, -0.1) is 0 Å². The standard InChI is InChI=1S/3C6H12.3W/c3*1-4-5-6(2)3;;;/h3*6H,4H2,1-3H3;;;. The van der Waals surface area contributed by atoms with E-state index in [9.17, 15) is 0 Å². The molecule has 0 aliphatic heterocycles. The van der Waals surface area contributed by atoms with Crippen molar-refractivity contribution in [2.75, 3.05) is 0 Å². The minimum atomic E-state index is 0.819. The van der Waals surface area contributed by atoms with E-state index in [4.69, 9.17) is 0 Å². The summed E-state index contributed by atoms with van der Waals surface area (Å²) in [6, 6.07) is 0. The summed E-state index contributed by atoms with van der Waals surface area (Å²) in [5.74, 6) is 2.46. The molecule has 0 aromatic rings. The first-order valence-corrected chi connectivity index (χ1v) is 12.5. The molecule has 0 unspecified atom stereocenters. The van der Waals surface area contributed by atoms with E-state index in [-0.39, 0.29) is 0 Å². The Hall–Kier alpha value is 1.67. The van der Waals surface area contributed by atoms with Gasteiger partial charge in [-0.25, -0.2) is 0 Å². The van der Waals surface area contributed by atoms with E-state index in [0.29, 0.717) is 0 Å². The van der Waals surface area contributed by atoms with E-state index in [1.54, 1.807) is 69.8 Å². The molecular formula is C18H36W3. The number of rotatable bonds is 6. The van der Waals surface area contributed by atoms with Crippen LogP contribution in [0.25, 0.3) is 0 Å². The number of hydrogen-bond acceptors (Lipinski definition) is 0. The van der Waals surface area contributed by atoms with Gasteiger partial charge in [0.2, 0.25) is 0 Å². The summed E-state index contributed by atoms with van der Waals surface area (Å²) in [7, 11) is 0. The summed E-state index contributed by atoms with van der Waals surface area (Å²) >= 11 is 4.98. The summed E-state index contributed by atoms with van der Waals surface area (Å²) in [6.07, 6.45) is 3.81. The SMILES string of the molecule is CC[C](=[W])C(C)C.CC[C](=[W])C(C)C.CC[C](=[W])C(C)C. The Morgan fingerprint density at radius 2 is 0.667 bits per heavy atom. The summed E-state index contributed by atoms with van der Waals surface area (Å²) in [5, 5.41) is 0. The van der Waals surface area contributed by atoms with Crippen LogP contribution in [-0.4, -0.2) is 11.7 Å². The zero-order chi connectivity index (χ0) is 17.6. The van der Waals surface area contributed by atoms with Gasteiger partial charge in [-0.05, 0) is 0 Å². The second kappa shape index (κ2) is 18.0. The zero-order valence-corrected chi connectivity index (χ0v) is 24.4. The van der Waals surface area contributed by atoms with Crippen LogP contribution in [0.1, 0.15) is 81.6 Å². The van der Waals surface area contributed by atoms with Crippen molar-refractivity contribution in [2.24, 2.45) is 17.8 Å². The average molecular weight is 804 g/mol. The molecule has 0 amide bonds. The van der Waals surface area contributed by atoms with Gasteiger partial charge in [0.1, 0.15) is 0 Å². The van der Waals surface area contributed by atoms with Crippen LogP contribution in [0.4, 0.5) is 0 Å². The summed E-state index contributed by atoms with van der Waals surface area (Å²) < 4.78 is 5.04. The van der Waals surface area contributed by atoms with Crippen molar-refractivity contribution < 1.29 is 58.1 Å². The topological polar surface area (TPSA) is 0 Å². The molecule has 0 atom stereocenters. The first-order valence-electron chi connectivity index (χ1n) is 8.12. The van der Waals surface area contributed by atoms with E-state index in [2.05, 4.69) is 62.3 Å². The Labute approximate surface area is 167 Å². The molecule has 0 aromatic heterocycles. The third-order valence-corrected chi connectivity index (χ3v) is 11.2. The second-order valence-corrected chi connectivity index (χ2v) is 11.6. The van der Waals surface area contributed by atoms with Crippen LogP contribution in [0.5, 0.6) is 0 Å². The Morgan fingerprint density at radius 1 is 0.524 bits per heavy atom. The number of hydrogen-bond donors (Lipinski definition) is 0. The fourth-order valence-electron chi connectivity index (χ4n) is 1.22. The van der Waals surface area contributed by atoms with Crippen molar-refractivity contribution in [2.45, 2.75) is 81.6 Å². The van der Waals surface area contributed by atoms with Crippen LogP contribution in [-0.2, 0) is 58.1 Å². The van der Waals surface area contributed by atoms with Crippen molar-refractivity contribution in [1.29, 1.82) is 0 Å². The summed E-state index contributed by atoms with van der Waals surface area (Å²) in [4.78, 5) is 0. The van der Waals surface area contributed by atoms with Crippen LogP contribution >= 0.6 is 0 Å². The zero-order valence-electron chi connectivity index (χ0n) is 15.6. The van der Waals surface area contributed by atoms with E-state index in [0.717, 1.165) is 17.8 Å². The van der Waals surface area contributed by atoms with Crippen LogP contribution < -0.4 is 0 Å². The van der Waals surface area contributed by atoms with Gasteiger partial charge < -0.3 is 0 Å².